The maximum absolute atomic E-state index is 13.8. The molecule has 0 spiro atoms. The molecule has 4 aromatic rings. The Morgan fingerprint density at radius 2 is 0.586 bits per heavy atom. The standard InChI is InChI=1S/C72H108N2O13/c1-9-17-21-25-29-82-69-55-41-59-49-65(86-53-67(75)73(13-5)14-6)51-61(71(59)84-31-27-23-19-11-3)43-57-47-64-48-58(70(57)83-30-26-22-18-10-2)44-62-52-66(87-54-68(76)74(15-7)16-8)50-60(72(62)85-32-28-24-20-12-4)42-56(69)46-63(45-55)80-39-37-78-35-33-77-34-36-79-38-40-81-64/h45-52H,9-44,53-54H2,1-8H3. The van der Waals surface area contributed by atoms with Gasteiger partial charge in [-0.2, -0.15) is 0 Å². The van der Waals surface area contributed by atoms with Crippen LogP contribution in [0.3, 0.4) is 0 Å². The minimum absolute atomic E-state index is 0.0849. The van der Waals surface area contributed by atoms with Gasteiger partial charge in [-0.25, -0.2) is 0 Å². The summed E-state index contributed by atoms with van der Waals surface area (Å²) in [7, 11) is 0. The predicted molar refractivity (Wildman–Crippen MR) is 346 cm³/mol. The molecule has 0 saturated heterocycles. The third-order valence-corrected chi connectivity index (χ3v) is 16.1. The smallest absolute Gasteiger partial charge is 0.260 e. The summed E-state index contributed by atoms with van der Waals surface area (Å²) in [6, 6.07) is 16.6. The highest BCUT2D eigenvalue weighted by atomic mass is 16.6. The molecule has 4 aromatic carbocycles. The Kier molecular flexibility index (Phi) is 32.8. The number of fused-ring (bicyclic) bond motifs is 6. The third-order valence-electron chi connectivity index (χ3n) is 16.1. The molecule has 0 unspecified atom stereocenters. The lowest BCUT2D eigenvalue weighted by Gasteiger charge is -2.25. The maximum atomic E-state index is 13.8. The van der Waals surface area contributed by atoms with Crippen molar-refractivity contribution in [1.29, 1.82) is 0 Å². The summed E-state index contributed by atoms with van der Waals surface area (Å²) in [6.07, 6.45) is 18.0. The monoisotopic (exact) mass is 1210 g/mol. The zero-order chi connectivity index (χ0) is 61.9. The van der Waals surface area contributed by atoms with E-state index < -0.39 is 0 Å². The summed E-state index contributed by atoms with van der Waals surface area (Å²) in [6.45, 7) is 23.9. The van der Waals surface area contributed by atoms with Crippen LogP contribution in [0.25, 0.3) is 0 Å². The van der Waals surface area contributed by atoms with E-state index in [9.17, 15) is 9.59 Å². The Morgan fingerprint density at radius 1 is 0.333 bits per heavy atom. The lowest BCUT2D eigenvalue weighted by molar-refractivity contribution is -0.133. The number of hydrogen-bond acceptors (Lipinski definition) is 13. The van der Waals surface area contributed by atoms with Crippen LogP contribution in [-0.2, 0) is 49.5 Å². The zero-order valence-electron chi connectivity index (χ0n) is 54.7. The van der Waals surface area contributed by atoms with Crippen LogP contribution in [-0.4, -0.2) is 140 Å². The van der Waals surface area contributed by atoms with E-state index in [0.29, 0.717) is 154 Å². The summed E-state index contributed by atoms with van der Waals surface area (Å²) in [5, 5.41) is 0. The van der Waals surface area contributed by atoms with Crippen molar-refractivity contribution in [3.63, 3.8) is 0 Å². The molecule has 15 nitrogen and oxygen atoms in total. The van der Waals surface area contributed by atoms with Crippen molar-refractivity contribution in [2.24, 2.45) is 0 Å². The van der Waals surface area contributed by atoms with E-state index in [1.807, 2.05) is 27.7 Å². The van der Waals surface area contributed by atoms with Crippen molar-refractivity contribution in [3.8, 4) is 46.0 Å². The number of likely N-dealkylation sites (N-methyl/N-ethyl adjacent to an activating group) is 2. The van der Waals surface area contributed by atoms with Crippen LogP contribution < -0.4 is 37.9 Å². The van der Waals surface area contributed by atoms with Crippen LogP contribution in [0.5, 0.6) is 46.0 Å². The Balaban J connectivity index is 1.72. The van der Waals surface area contributed by atoms with E-state index >= 15 is 0 Å². The molecule has 0 aromatic heterocycles. The molecule has 0 radical (unpaired) electrons. The number of carbonyl (C=O) groups excluding carboxylic acids is 2. The van der Waals surface area contributed by atoms with Gasteiger partial charge in [0, 0.05) is 96.4 Å². The molecular weight excluding hydrogens is 1100 g/mol. The number of carbonyl (C=O) groups is 2. The fourth-order valence-corrected chi connectivity index (χ4v) is 11.3. The molecule has 484 valence electrons. The quantitative estimate of drug-likeness (QED) is 0.0361. The molecule has 0 N–H and O–H groups in total. The first-order chi connectivity index (χ1) is 42.7. The number of amides is 2. The predicted octanol–water partition coefficient (Wildman–Crippen LogP) is 14.5. The van der Waals surface area contributed by atoms with E-state index in [0.717, 1.165) is 170 Å². The van der Waals surface area contributed by atoms with E-state index in [2.05, 4.69) is 76.2 Å². The second-order valence-corrected chi connectivity index (χ2v) is 22.9. The fourth-order valence-electron chi connectivity index (χ4n) is 11.3. The molecule has 10 bridgehead atoms. The molecular formula is C72H108N2O13. The first-order valence-electron chi connectivity index (χ1n) is 33.6. The van der Waals surface area contributed by atoms with Gasteiger partial charge < -0.3 is 61.9 Å². The van der Waals surface area contributed by atoms with Crippen LogP contribution in [0.15, 0.2) is 48.5 Å². The van der Waals surface area contributed by atoms with Crippen molar-refractivity contribution in [3.05, 3.63) is 93.0 Å². The Labute approximate surface area is 522 Å². The summed E-state index contributed by atoms with van der Waals surface area (Å²) in [5.41, 5.74) is 7.16. The SMILES string of the molecule is CCCCCCOc1c2cc3cc1Cc1cc(OCC(=O)N(CC)CC)cc(c1OCCCCCC)Cc1cc(cc(c1OCCCCCC)Cc1cc(OCC(=O)N(CC)CC)cc(c1OCCCCCC)C2)OCCOCCOCCOCCO3. The van der Waals surface area contributed by atoms with Crippen LogP contribution in [0, 0.1) is 0 Å². The molecule has 1 aliphatic carbocycles. The summed E-state index contributed by atoms with van der Waals surface area (Å²) in [5.74, 6) is 5.30. The minimum Gasteiger partial charge on any atom is -0.493 e. The average Bonchev–Trinajstić information content (AvgIpc) is 3.12. The van der Waals surface area contributed by atoms with E-state index in [-0.39, 0.29) is 25.0 Å². The largest absolute Gasteiger partial charge is 0.493 e. The van der Waals surface area contributed by atoms with E-state index in [4.69, 9.17) is 52.1 Å². The van der Waals surface area contributed by atoms with Crippen molar-refractivity contribution >= 4 is 11.8 Å². The average molecular weight is 1210 g/mol. The molecule has 0 atom stereocenters. The van der Waals surface area contributed by atoms with E-state index in [1.165, 1.54) is 0 Å². The van der Waals surface area contributed by atoms with Gasteiger partial charge in [0.05, 0.1) is 66.1 Å². The Morgan fingerprint density at radius 3 is 0.839 bits per heavy atom. The summed E-state index contributed by atoms with van der Waals surface area (Å²) in [4.78, 5) is 31.1. The maximum Gasteiger partial charge on any atom is 0.260 e. The second-order valence-electron chi connectivity index (χ2n) is 22.9. The van der Waals surface area contributed by atoms with E-state index in [1.54, 1.807) is 9.80 Å². The highest BCUT2D eigenvalue weighted by Crippen LogP contribution is 2.44. The lowest BCUT2D eigenvalue weighted by Crippen LogP contribution is -2.34. The number of rotatable bonds is 34. The van der Waals surface area contributed by atoms with Gasteiger partial charge in [-0.1, -0.05) is 105 Å². The number of benzene rings is 4. The van der Waals surface area contributed by atoms with Gasteiger partial charge in [0.1, 0.15) is 59.2 Å². The molecule has 15 heteroatoms. The third kappa shape index (κ3) is 23.5. The van der Waals surface area contributed by atoms with Crippen molar-refractivity contribution in [2.45, 2.75) is 184 Å². The highest BCUT2D eigenvalue weighted by molar-refractivity contribution is 5.78. The Hall–Kier alpha value is -5.90. The van der Waals surface area contributed by atoms with Gasteiger partial charge in [0.2, 0.25) is 0 Å². The van der Waals surface area contributed by atoms with Crippen LogP contribution in [0.1, 0.15) is 203 Å². The number of ether oxygens (including phenoxy) is 11. The van der Waals surface area contributed by atoms with Gasteiger partial charge >= 0.3 is 0 Å². The molecule has 0 fully saturated rings. The van der Waals surface area contributed by atoms with Crippen LogP contribution >= 0.6 is 0 Å². The summed E-state index contributed by atoms with van der Waals surface area (Å²) >= 11 is 0. The second kappa shape index (κ2) is 40.6. The van der Waals surface area contributed by atoms with Gasteiger partial charge in [-0.05, 0) is 102 Å². The fraction of sp³-hybridized carbons (Fsp3) is 0.639. The van der Waals surface area contributed by atoms with Gasteiger partial charge in [0.15, 0.2) is 13.2 Å². The van der Waals surface area contributed by atoms with Crippen LogP contribution in [0.2, 0.25) is 0 Å². The molecule has 6 rings (SSSR count). The molecule has 87 heavy (non-hydrogen) atoms. The number of hydrogen-bond donors (Lipinski definition) is 0. The molecule has 1 heterocycles. The number of unbranched alkanes of at least 4 members (excludes halogenated alkanes) is 12. The molecule has 2 aliphatic rings. The normalized spacial score (nSPS) is 13.8. The zero-order valence-corrected chi connectivity index (χ0v) is 54.7. The van der Waals surface area contributed by atoms with Crippen LogP contribution in [0.4, 0.5) is 0 Å². The molecule has 1 aliphatic heterocycles. The number of nitrogens with zero attached hydrogens (tertiary/aromatic N) is 2. The van der Waals surface area contributed by atoms with Gasteiger partial charge in [-0.3, -0.25) is 9.59 Å². The highest BCUT2D eigenvalue weighted by Gasteiger charge is 2.27. The van der Waals surface area contributed by atoms with Gasteiger partial charge in [0.25, 0.3) is 11.8 Å². The minimum atomic E-state index is -0.122. The van der Waals surface area contributed by atoms with Gasteiger partial charge in [-0.15, -0.1) is 0 Å². The lowest BCUT2D eigenvalue weighted by atomic mass is 9.90. The topological polar surface area (TPSA) is 142 Å². The Bertz CT molecular complexity index is 2360. The first-order valence-corrected chi connectivity index (χ1v) is 33.6. The molecule has 0 saturated carbocycles. The first kappa shape index (κ1) is 70.2. The van der Waals surface area contributed by atoms with Crippen molar-refractivity contribution in [2.75, 3.05) is 119 Å². The molecule has 2 amide bonds. The van der Waals surface area contributed by atoms with Crippen molar-refractivity contribution < 1.29 is 61.7 Å². The summed E-state index contributed by atoms with van der Waals surface area (Å²) < 4.78 is 73.4. The van der Waals surface area contributed by atoms with Crippen molar-refractivity contribution in [1.82, 2.24) is 9.80 Å².